The molecule has 0 aliphatic heterocycles. The van der Waals surface area contributed by atoms with Crippen molar-refractivity contribution >= 4 is 5.97 Å². The first-order valence-corrected chi connectivity index (χ1v) is 5.27. The van der Waals surface area contributed by atoms with Crippen molar-refractivity contribution in [1.82, 2.24) is 4.90 Å². The number of aliphatic hydroxyl groups excluding tert-OH is 1. The molecule has 96 valence electrons. The lowest BCUT2D eigenvalue weighted by Gasteiger charge is -2.28. The fourth-order valence-corrected chi connectivity index (χ4v) is 1.69. The Labute approximate surface area is 97.3 Å². The Hall–Kier alpha value is -0.650. The second-order valence-corrected chi connectivity index (χ2v) is 4.68. The van der Waals surface area contributed by atoms with Crippen LogP contribution >= 0.6 is 0 Å². The van der Waals surface area contributed by atoms with E-state index in [1.807, 2.05) is 25.8 Å². The van der Waals surface area contributed by atoms with Gasteiger partial charge in [0.1, 0.15) is 0 Å². The van der Waals surface area contributed by atoms with Gasteiger partial charge in [-0.2, -0.15) is 0 Å². The summed E-state index contributed by atoms with van der Waals surface area (Å²) in [6.45, 7) is 4.92. The van der Waals surface area contributed by atoms with Gasteiger partial charge in [0, 0.05) is 20.2 Å². The predicted octanol–water partition coefficient (Wildman–Crippen LogP) is 0.125. The maximum Gasteiger partial charge on any atom is 0.312 e. The summed E-state index contributed by atoms with van der Waals surface area (Å²) in [6, 6.07) is 0. The molecule has 0 rings (SSSR count). The average Bonchev–Trinajstić information content (AvgIpc) is 2.15. The fourth-order valence-electron chi connectivity index (χ4n) is 1.69. The molecule has 5 heteroatoms. The molecule has 0 aliphatic carbocycles. The summed E-state index contributed by atoms with van der Waals surface area (Å²) in [6.07, 6.45) is -0.538. The van der Waals surface area contributed by atoms with E-state index in [1.54, 1.807) is 7.11 Å². The van der Waals surface area contributed by atoms with Crippen molar-refractivity contribution in [3.8, 4) is 0 Å². The smallest absolute Gasteiger partial charge is 0.312 e. The summed E-state index contributed by atoms with van der Waals surface area (Å²) in [5.74, 6) is -0.249. The second-order valence-electron chi connectivity index (χ2n) is 4.68. The van der Waals surface area contributed by atoms with Crippen molar-refractivity contribution in [2.75, 3.05) is 41.0 Å². The van der Waals surface area contributed by atoms with Gasteiger partial charge in [-0.25, -0.2) is 0 Å². The molecule has 0 radical (unpaired) electrons. The number of esters is 1. The lowest BCUT2D eigenvalue weighted by Crippen LogP contribution is -2.41. The van der Waals surface area contributed by atoms with Crippen LogP contribution in [0.4, 0.5) is 0 Å². The van der Waals surface area contributed by atoms with Crippen LogP contribution in [-0.4, -0.2) is 63.0 Å². The molecule has 1 N–H and O–H groups in total. The number of nitrogens with zero attached hydrogens (tertiary/aromatic N) is 1. The monoisotopic (exact) mass is 233 g/mol. The number of hydrogen-bond acceptors (Lipinski definition) is 5. The summed E-state index contributed by atoms with van der Waals surface area (Å²) < 4.78 is 9.55. The van der Waals surface area contributed by atoms with Crippen LogP contribution in [0.25, 0.3) is 0 Å². The van der Waals surface area contributed by atoms with Crippen molar-refractivity contribution < 1.29 is 19.4 Å². The number of ether oxygens (including phenoxy) is 2. The maximum atomic E-state index is 11.4. The van der Waals surface area contributed by atoms with Gasteiger partial charge in [0.2, 0.25) is 0 Å². The summed E-state index contributed by atoms with van der Waals surface area (Å²) in [4.78, 5) is 13.3. The number of likely N-dealkylation sites (N-methyl/N-ethyl adjacent to an activating group) is 1. The fraction of sp³-hybridized carbons (Fsp3) is 0.909. The largest absolute Gasteiger partial charge is 0.469 e. The van der Waals surface area contributed by atoms with Gasteiger partial charge < -0.3 is 19.5 Å². The standard InChI is InChI=1S/C11H23NO4/c1-11(2,10(14)16-5)8-12(3)6-9(13)7-15-4/h9,13H,6-8H2,1-5H3. The lowest BCUT2D eigenvalue weighted by molar-refractivity contribution is -0.151. The molecule has 0 saturated carbocycles. The van der Waals surface area contributed by atoms with E-state index in [0.717, 1.165) is 0 Å². The Morgan fingerprint density at radius 1 is 1.44 bits per heavy atom. The van der Waals surface area contributed by atoms with Crippen LogP contribution in [0, 0.1) is 5.41 Å². The molecule has 0 heterocycles. The van der Waals surface area contributed by atoms with Gasteiger partial charge >= 0.3 is 5.97 Å². The van der Waals surface area contributed by atoms with Crippen LogP contribution in [0.5, 0.6) is 0 Å². The van der Waals surface area contributed by atoms with Crippen LogP contribution < -0.4 is 0 Å². The third kappa shape index (κ3) is 5.44. The Morgan fingerprint density at radius 3 is 2.44 bits per heavy atom. The summed E-state index contributed by atoms with van der Waals surface area (Å²) in [7, 11) is 4.77. The van der Waals surface area contributed by atoms with E-state index in [2.05, 4.69) is 0 Å². The van der Waals surface area contributed by atoms with E-state index in [-0.39, 0.29) is 5.97 Å². The predicted molar refractivity (Wildman–Crippen MR) is 61.2 cm³/mol. The van der Waals surface area contributed by atoms with Gasteiger partial charge in [0.15, 0.2) is 0 Å². The molecule has 16 heavy (non-hydrogen) atoms. The molecule has 1 atom stereocenters. The van der Waals surface area contributed by atoms with Crippen molar-refractivity contribution in [2.45, 2.75) is 20.0 Å². The minimum absolute atomic E-state index is 0.249. The van der Waals surface area contributed by atoms with Gasteiger partial charge in [0.25, 0.3) is 0 Å². The summed E-state index contributed by atoms with van der Waals surface area (Å²) >= 11 is 0. The summed E-state index contributed by atoms with van der Waals surface area (Å²) in [5.41, 5.74) is -0.573. The zero-order chi connectivity index (χ0) is 12.8. The van der Waals surface area contributed by atoms with E-state index in [4.69, 9.17) is 9.47 Å². The molecular formula is C11H23NO4. The first-order valence-electron chi connectivity index (χ1n) is 5.27. The molecule has 1 unspecified atom stereocenters. The second kappa shape index (κ2) is 6.83. The molecule has 0 spiro atoms. The third-order valence-corrected chi connectivity index (χ3v) is 2.28. The number of aliphatic hydroxyl groups is 1. The number of rotatable bonds is 7. The first kappa shape index (κ1) is 15.3. The minimum atomic E-state index is -0.573. The number of hydrogen-bond donors (Lipinski definition) is 1. The van der Waals surface area contributed by atoms with E-state index >= 15 is 0 Å². The molecule has 0 bridgehead atoms. The van der Waals surface area contributed by atoms with Crippen LogP contribution in [0.3, 0.4) is 0 Å². The van der Waals surface area contributed by atoms with Crippen molar-refractivity contribution in [3.05, 3.63) is 0 Å². The molecule has 0 fully saturated rings. The number of carbonyl (C=O) groups is 1. The molecule has 0 aromatic carbocycles. The van der Waals surface area contributed by atoms with Crippen LogP contribution in [0.15, 0.2) is 0 Å². The van der Waals surface area contributed by atoms with E-state index < -0.39 is 11.5 Å². The Balaban J connectivity index is 4.12. The molecule has 0 aromatic rings. The minimum Gasteiger partial charge on any atom is -0.469 e. The lowest BCUT2D eigenvalue weighted by atomic mass is 9.93. The van der Waals surface area contributed by atoms with Crippen molar-refractivity contribution in [2.24, 2.45) is 5.41 Å². The zero-order valence-corrected chi connectivity index (χ0v) is 10.8. The van der Waals surface area contributed by atoms with E-state index in [1.165, 1.54) is 7.11 Å². The summed E-state index contributed by atoms with van der Waals surface area (Å²) in [5, 5.41) is 9.53. The van der Waals surface area contributed by atoms with Crippen LogP contribution in [0.2, 0.25) is 0 Å². The Morgan fingerprint density at radius 2 is 2.00 bits per heavy atom. The average molecular weight is 233 g/mol. The van der Waals surface area contributed by atoms with Crippen molar-refractivity contribution in [3.63, 3.8) is 0 Å². The highest BCUT2D eigenvalue weighted by Gasteiger charge is 2.30. The third-order valence-electron chi connectivity index (χ3n) is 2.28. The van der Waals surface area contributed by atoms with Crippen LogP contribution in [0.1, 0.15) is 13.8 Å². The molecule has 0 aromatic heterocycles. The normalized spacial score (nSPS) is 13.9. The highest BCUT2D eigenvalue weighted by Crippen LogP contribution is 2.18. The van der Waals surface area contributed by atoms with Gasteiger partial charge in [-0.3, -0.25) is 4.79 Å². The molecule has 0 aliphatic rings. The molecule has 0 saturated heterocycles. The van der Waals surface area contributed by atoms with E-state index in [0.29, 0.717) is 19.7 Å². The maximum absolute atomic E-state index is 11.4. The first-order chi connectivity index (χ1) is 7.33. The van der Waals surface area contributed by atoms with E-state index in [9.17, 15) is 9.90 Å². The van der Waals surface area contributed by atoms with Gasteiger partial charge in [-0.15, -0.1) is 0 Å². The van der Waals surface area contributed by atoms with Gasteiger partial charge in [-0.05, 0) is 20.9 Å². The molecule has 0 amide bonds. The number of carbonyl (C=O) groups excluding carboxylic acids is 1. The Bertz CT molecular complexity index is 218. The highest BCUT2D eigenvalue weighted by atomic mass is 16.5. The van der Waals surface area contributed by atoms with Crippen LogP contribution in [-0.2, 0) is 14.3 Å². The quantitative estimate of drug-likeness (QED) is 0.633. The van der Waals surface area contributed by atoms with Crippen molar-refractivity contribution in [1.29, 1.82) is 0 Å². The Kier molecular flexibility index (Phi) is 6.55. The SMILES string of the molecule is COCC(O)CN(C)CC(C)(C)C(=O)OC. The van der Waals surface area contributed by atoms with Gasteiger partial charge in [-0.1, -0.05) is 0 Å². The molecule has 5 nitrogen and oxygen atoms in total. The highest BCUT2D eigenvalue weighted by molar-refractivity contribution is 5.76. The van der Waals surface area contributed by atoms with Gasteiger partial charge in [0.05, 0.1) is 25.2 Å². The number of methoxy groups -OCH3 is 2. The molecular weight excluding hydrogens is 210 g/mol. The topological polar surface area (TPSA) is 59.0 Å². The zero-order valence-electron chi connectivity index (χ0n) is 10.8.